The molecule has 0 spiro atoms. The molecule has 1 aromatic heterocycles. The molecule has 20 heavy (non-hydrogen) atoms. The summed E-state index contributed by atoms with van der Waals surface area (Å²) in [4.78, 5) is 8.50. The Labute approximate surface area is 117 Å². The molecule has 4 N–H and O–H groups in total. The second-order valence-electron chi connectivity index (χ2n) is 4.73. The van der Waals surface area contributed by atoms with Crippen molar-refractivity contribution in [3.05, 3.63) is 41.6 Å². The van der Waals surface area contributed by atoms with Crippen LogP contribution in [0.5, 0.6) is 5.75 Å². The highest BCUT2D eigenvalue weighted by atomic mass is 16.5. The largest absolute Gasteiger partial charge is 0.493 e. The van der Waals surface area contributed by atoms with Crippen LogP contribution >= 0.6 is 0 Å². The molecule has 1 aliphatic heterocycles. The van der Waals surface area contributed by atoms with Crippen LogP contribution in [0.1, 0.15) is 23.7 Å². The standard InChI is InChI=1S/C14H17N5O/c1-9-8-13(18-14(16-9)19-15)17-11-6-7-20-12-5-3-2-4-10(11)12/h2-5,8,11H,6-7,15H2,1H3,(H2,16,17,18,19). The minimum absolute atomic E-state index is 0.180. The quantitative estimate of drug-likeness (QED) is 0.585. The monoisotopic (exact) mass is 271 g/mol. The number of anilines is 2. The van der Waals surface area contributed by atoms with Gasteiger partial charge in [-0.2, -0.15) is 4.98 Å². The summed E-state index contributed by atoms with van der Waals surface area (Å²) in [6, 6.07) is 10.1. The van der Waals surface area contributed by atoms with Gasteiger partial charge in [0, 0.05) is 23.7 Å². The third-order valence-corrected chi connectivity index (χ3v) is 3.26. The Bertz CT molecular complexity index is 616. The third kappa shape index (κ3) is 2.50. The molecule has 1 unspecified atom stereocenters. The Morgan fingerprint density at radius 3 is 3.00 bits per heavy atom. The van der Waals surface area contributed by atoms with Crippen molar-refractivity contribution < 1.29 is 4.74 Å². The molecule has 6 heteroatoms. The Hall–Kier alpha value is -2.34. The van der Waals surface area contributed by atoms with Crippen molar-refractivity contribution >= 4 is 11.8 Å². The van der Waals surface area contributed by atoms with Gasteiger partial charge in [-0.1, -0.05) is 18.2 Å². The van der Waals surface area contributed by atoms with Gasteiger partial charge in [0.2, 0.25) is 5.95 Å². The molecule has 1 aliphatic rings. The molecule has 2 aromatic rings. The molecule has 3 rings (SSSR count). The molecule has 0 amide bonds. The molecule has 0 saturated heterocycles. The maximum Gasteiger partial charge on any atom is 0.239 e. The number of nitrogens with one attached hydrogen (secondary N) is 2. The summed E-state index contributed by atoms with van der Waals surface area (Å²) in [6.45, 7) is 2.60. The number of nitrogen functional groups attached to an aromatic ring is 1. The van der Waals surface area contributed by atoms with Gasteiger partial charge in [-0.05, 0) is 13.0 Å². The molecule has 6 nitrogen and oxygen atoms in total. The number of aryl methyl sites for hydroxylation is 1. The highest BCUT2D eigenvalue weighted by Gasteiger charge is 2.21. The van der Waals surface area contributed by atoms with Gasteiger partial charge in [0.1, 0.15) is 11.6 Å². The Balaban J connectivity index is 1.87. The molecule has 0 fully saturated rings. The van der Waals surface area contributed by atoms with Crippen molar-refractivity contribution in [2.75, 3.05) is 17.3 Å². The molecule has 104 valence electrons. The lowest BCUT2D eigenvalue weighted by Crippen LogP contribution is -2.21. The fraction of sp³-hybridized carbons (Fsp3) is 0.286. The first-order valence-corrected chi connectivity index (χ1v) is 6.57. The van der Waals surface area contributed by atoms with E-state index in [0.29, 0.717) is 12.6 Å². The minimum atomic E-state index is 0.180. The van der Waals surface area contributed by atoms with Crippen LogP contribution in [-0.4, -0.2) is 16.6 Å². The summed E-state index contributed by atoms with van der Waals surface area (Å²) in [7, 11) is 0. The number of hydrogen-bond donors (Lipinski definition) is 3. The van der Waals surface area contributed by atoms with E-state index in [9.17, 15) is 0 Å². The van der Waals surface area contributed by atoms with E-state index in [1.807, 2.05) is 31.2 Å². The maximum atomic E-state index is 5.65. The number of aromatic nitrogens is 2. The molecule has 1 atom stereocenters. The predicted octanol–water partition coefficient (Wildman–Crippen LogP) is 2.01. The topological polar surface area (TPSA) is 85.1 Å². The van der Waals surface area contributed by atoms with Crippen molar-refractivity contribution in [2.45, 2.75) is 19.4 Å². The van der Waals surface area contributed by atoms with Crippen molar-refractivity contribution in [1.29, 1.82) is 0 Å². The Kier molecular flexibility index (Phi) is 3.39. The normalized spacial score (nSPS) is 17.0. The number of para-hydroxylation sites is 1. The van der Waals surface area contributed by atoms with Crippen LogP contribution in [0.2, 0.25) is 0 Å². The molecule has 1 aromatic carbocycles. The van der Waals surface area contributed by atoms with Crippen LogP contribution in [0.15, 0.2) is 30.3 Å². The van der Waals surface area contributed by atoms with Crippen LogP contribution < -0.4 is 21.3 Å². The minimum Gasteiger partial charge on any atom is -0.493 e. The number of benzene rings is 1. The molecular weight excluding hydrogens is 254 g/mol. The molecule has 0 saturated carbocycles. The Morgan fingerprint density at radius 2 is 2.15 bits per heavy atom. The van der Waals surface area contributed by atoms with Crippen molar-refractivity contribution in [2.24, 2.45) is 5.84 Å². The van der Waals surface area contributed by atoms with E-state index in [2.05, 4.69) is 26.8 Å². The zero-order chi connectivity index (χ0) is 13.9. The van der Waals surface area contributed by atoms with Gasteiger partial charge in [-0.3, -0.25) is 5.43 Å². The van der Waals surface area contributed by atoms with Crippen molar-refractivity contribution in [3.8, 4) is 5.75 Å². The summed E-state index contributed by atoms with van der Waals surface area (Å²) in [5, 5.41) is 3.43. The highest BCUT2D eigenvalue weighted by Crippen LogP contribution is 2.33. The van der Waals surface area contributed by atoms with Crippen LogP contribution in [-0.2, 0) is 0 Å². The number of ether oxygens (including phenoxy) is 1. The fourth-order valence-corrected chi connectivity index (χ4v) is 2.38. The van der Waals surface area contributed by atoms with Gasteiger partial charge >= 0.3 is 0 Å². The van der Waals surface area contributed by atoms with Crippen LogP contribution in [0.4, 0.5) is 11.8 Å². The van der Waals surface area contributed by atoms with E-state index in [4.69, 9.17) is 10.6 Å². The van der Waals surface area contributed by atoms with Gasteiger partial charge in [0.05, 0.1) is 12.6 Å². The van der Waals surface area contributed by atoms with Crippen molar-refractivity contribution in [1.82, 2.24) is 9.97 Å². The first-order valence-electron chi connectivity index (χ1n) is 6.57. The Morgan fingerprint density at radius 1 is 1.30 bits per heavy atom. The van der Waals surface area contributed by atoms with Crippen LogP contribution in [0.25, 0.3) is 0 Å². The van der Waals surface area contributed by atoms with E-state index in [1.54, 1.807) is 0 Å². The zero-order valence-corrected chi connectivity index (χ0v) is 11.3. The highest BCUT2D eigenvalue weighted by molar-refractivity contribution is 5.47. The van der Waals surface area contributed by atoms with Gasteiger partial charge in [-0.25, -0.2) is 10.8 Å². The maximum absolute atomic E-state index is 5.65. The number of hydrogen-bond acceptors (Lipinski definition) is 6. The molecule has 2 heterocycles. The lowest BCUT2D eigenvalue weighted by molar-refractivity contribution is 0.274. The SMILES string of the molecule is Cc1cc(NC2CCOc3ccccc32)nc(NN)n1. The van der Waals surface area contributed by atoms with Gasteiger partial charge in [-0.15, -0.1) is 0 Å². The lowest BCUT2D eigenvalue weighted by Gasteiger charge is -2.27. The number of fused-ring (bicyclic) bond motifs is 1. The lowest BCUT2D eigenvalue weighted by atomic mass is 10.0. The van der Waals surface area contributed by atoms with E-state index in [0.717, 1.165) is 29.2 Å². The first-order chi connectivity index (χ1) is 9.76. The summed E-state index contributed by atoms with van der Waals surface area (Å²) in [6.07, 6.45) is 0.894. The zero-order valence-electron chi connectivity index (χ0n) is 11.3. The fourth-order valence-electron chi connectivity index (χ4n) is 2.38. The summed E-state index contributed by atoms with van der Waals surface area (Å²) < 4.78 is 5.65. The van der Waals surface area contributed by atoms with Crippen LogP contribution in [0, 0.1) is 6.92 Å². The van der Waals surface area contributed by atoms with E-state index >= 15 is 0 Å². The van der Waals surface area contributed by atoms with Gasteiger partial charge < -0.3 is 10.1 Å². The first kappa shape index (κ1) is 12.7. The van der Waals surface area contributed by atoms with Gasteiger partial charge in [0.15, 0.2) is 0 Å². The second-order valence-corrected chi connectivity index (χ2v) is 4.73. The second kappa shape index (κ2) is 5.34. The third-order valence-electron chi connectivity index (χ3n) is 3.26. The number of rotatable bonds is 3. The average molecular weight is 271 g/mol. The van der Waals surface area contributed by atoms with Gasteiger partial charge in [0.25, 0.3) is 0 Å². The number of hydrazine groups is 1. The van der Waals surface area contributed by atoms with E-state index in [1.165, 1.54) is 0 Å². The molecular formula is C14H17N5O. The number of nitrogens with two attached hydrogens (primary N) is 1. The van der Waals surface area contributed by atoms with Crippen LogP contribution in [0.3, 0.4) is 0 Å². The predicted molar refractivity (Wildman–Crippen MR) is 77.5 cm³/mol. The molecule has 0 bridgehead atoms. The molecule has 0 radical (unpaired) electrons. The smallest absolute Gasteiger partial charge is 0.239 e. The summed E-state index contributed by atoms with van der Waals surface area (Å²) in [5.74, 6) is 7.47. The van der Waals surface area contributed by atoms with Crippen molar-refractivity contribution in [3.63, 3.8) is 0 Å². The summed E-state index contributed by atoms with van der Waals surface area (Å²) >= 11 is 0. The summed E-state index contributed by atoms with van der Waals surface area (Å²) in [5.41, 5.74) is 4.49. The number of nitrogens with zero attached hydrogens (tertiary/aromatic N) is 2. The molecule has 0 aliphatic carbocycles. The van der Waals surface area contributed by atoms with E-state index < -0.39 is 0 Å². The average Bonchev–Trinajstić information content (AvgIpc) is 2.47. The van der Waals surface area contributed by atoms with E-state index in [-0.39, 0.29) is 6.04 Å².